The Kier molecular flexibility index (Phi) is 5.29. The zero-order valence-corrected chi connectivity index (χ0v) is 7.83. The largest absolute Gasteiger partial charge is 0.478 e. The molecule has 0 saturated carbocycles. The molecule has 0 aliphatic carbocycles. The molecule has 0 aromatic heterocycles. The third-order valence-corrected chi connectivity index (χ3v) is 1.54. The van der Waals surface area contributed by atoms with Crippen LogP contribution >= 0.6 is 0 Å². The molecule has 84 valence electrons. The normalized spacial score (nSPS) is 15.6. The Bertz CT molecular complexity index is 267. The molecule has 0 aromatic carbocycles. The first kappa shape index (κ1) is 13.3. The predicted octanol–water partition coefficient (Wildman–Crippen LogP) is -0.619. The van der Waals surface area contributed by atoms with Crippen LogP contribution in [0.4, 0.5) is 0 Å². The lowest BCUT2D eigenvalue weighted by atomic mass is 9.99. The summed E-state index contributed by atoms with van der Waals surface area (Å²) in [6.45, 7) is -0.398. The molecule has 0 saturated heterocycles. The average Bonchev–Trinajstić information content (AvgIpc) is 2.13. The number of hydrogen-bond acceptors (Lipinski definition) is 4. The first-order chi connectivity index (χ1) is 6.89. The molecule has 0 unspecified atom stereocenters. The van der Waals surface area contributed by atoms with Gasteiger partial charge in [-0.3, -0.25) is 0 Å². The Morgan fingerprint density at radius 3 is 1.73 bits per heavy atom. The van der Waals surface area contributed by atoms with E-state index in [0.29, 0.717) is 12.2 Å². The van der Waals surface area contributed by atoms with Crippen LogP contribution in [0.2, 0.25) is 0 Å². The molecular weight excluding hydrogens is 204 g/mol. The zero-order chi connectivity index (χ0) is 11.9. The Morgan fingerprint density at radius 1 is 1.07 bits per heavy atom. The van der Waals surface area contributed by atoms with Crippen LogP contribution in [0.3, 0.4) is 0 Å². The van der Waals surface area contributed by atoms with Crippen molar-refractivity contribution < 1.29 is 30.0 Å². The maximum absolute atomic E-state index is 10.2. The molecular formula is C9H12O6. The number of carbonyl (C=O) groups is 2. The van der Waals surface area contributed by atoms with Crippen molar-refractivity contribution >= 4 is 11.9 Å². The molecule has 6 nitrogen and oxygen atoms in total. The van der Waals surface area contributed by atoms with Gasteiger partial charge < -0.3 is 20.4 Å². The van der Waals surface area contributed by atoms with Gasteiger partial charge in [-0.25, -0.2) is 9.59 Å². The summed E-state index contributed by atoms with van der Waals surface area (Å²) in [4.78, 5) is 20.4. The van der Waals surface area contributed by atoms with Gasteiger partial charge in [0.15, 0.2) is 0 Å². The second-order valence-electron chi connectivity index (χ2n) is 2.81. The van der Waals surface area contributed by atoms with Crippen molar-refractivity contribution in [1.29, 1.82) is 0 Å². The minimum absolute atomic E-state index is 0.180. The van der Waals surface area contributed by atoms with Crippen LogP contribution in [-0.4, -0.2) is 44.6 Å². The van der Waals surface area contributed by atoms with Crippen LogP contribution in [0.25, 0.3) is 0 Å². The Labute approximate surface area is 85.8 Å². The zero-order valence-electron chi connectivity index (χ0n) is 7.83. The molecule has 0 aliphatic heterocycles. The van der Waals surface area contributed by atoms with Crippen LogP contribution in [0.5, 0.6) is 0 Å². The second-order valence-corrected chi connectivity index (χ2v) is 2.81. The summed E-state index contributed by atoms with van der Waals surface area (Å²) in [5.74, 6) is -2.54. The first-order valence-electron chi connectivity index (χ1n) is 4.07. The van der Waals surface area contributed by atoms with Gasteiger partial charge in [0.1, 0.15) is 5.60 Å². The number of aliphatic hydroxyl groups is 2. The van der Waals surface area contributed by atoms with Crippen LogP contribution in [-0.2, 0) is 9.59 Å². The van der Waals surface area contributed by atoms with E-state index in [2.05, 4.69) is 0 Å². The molecule has 4 N–H and O–H groups in total. The fraction of sp³-hybridized carbons (Fsp3) is 0.333. The van der Waals surface area contributed by atoms with Gasteiger partial charge >= 0.3 is 11.9 Å². The van der Waals surface area contributed by atoms with Crippen molar-refractivity contribution in [2.24, 2.45) is 0 Å². The van der Waals surface area contributed by atoms with Gasteiger partial charge in [-0.05, 0) is 12.2 Å². The van der Waals surface area contributed by atoms with Crippen LogP contribution < -0.4 is 0 Å². The third-order valence-electron chi connectivity index (χ3n) is 1.54. The average molecular weight is 216 g/mol. The summed E-state index contributed by atoms with van der Waals surface area (Å²) in [6, 6.07) is 0. The monoisotopic (exact) mass is 216 g/mol. The Hall–Kier alpha value is -1.66. The third kappa shape index (κ3) is 6.42. The minimum atomic E-state index is -1.76. The summed E-state index contributed by atoms with van der Waals surface area (Å²) in [7, 11) is 0. The molecule has 0 radical (unpaired) electrons. The van der Waals surface area contributed by atoms with Crippen LogP contribution in [0.1, 0.15) is 6.42 Å². The standard InChI is InChI=1S/C9H12O6/c10-6-5-9(15,3-1-7(11)12)4-2-8(13)14/h1-4,10,15H,5-6H2,(H,11,12)(H,13,14). The fourth-order valence-corrected chi connectivity index (χ4v) is 0.833. The van der Waals surface area contributed by atoms with Crippen LogP contribution in [0.15, 0.2) is 24.3 Å². The van der Waals surface area contributed by atoms with Gasteiger partial charge in [-0.1, -0.05) is 0 Å². The molecule has 15 heavy (non-hydrogen) atoms. The Balaban J connectivity index is 4.72. The number of aliphatic carboxylic acids is 2. The SMILES string of the molecule is O=C(O)C=CC(O)(C=CC(=O)O)CCO. The van der Waals surface area contributed by atoms with E-state index in [1.165, 1.54) is 0 Å². The quantitative estimate of drug-likeness (QED) is 0.440. The minimum Gasteiger partial charge on any atom is -0.478 e. The van der Waals surface area contributed by atoms with E-state index in [1.807, 2.05) is 0 Å². The molecule has 0 atom stereocenters. The molecule has 0 fully saturated rings. The molecule has 0 aliphatic rings. The van der Waals surface area contributed by atoms with E-state index in [4.69, 9.17) is 15.3 Å². The van der Waals surface area contributed by atoms with E-state index < -0.39 is 24.1 Å². The highest BCUT2D eigenvalue weighted by Crippen LogP contribution is 2.13. The summed E-state index contributed by atoms with van der Waals surface area (Å²) in [5, 5.41) is 34.9. The van der Waals surface area contributed by atoms with Crippen molar-refractivity contribution in [3.8, 4) is 0 Å². The van der Waals surface area contributed by atoms with Crippen molar-refractivity contribution in [3.05, 3.63) is 24.3 Å². The summed E-state index contributed by atoms with van der Waals surface area (Å²) < 4.78 is 0. The van der Waals surface area contributed by atoms with E-state index >= 15 is 0 Å². The molecule has 0 amide bonds. The lowest BCUT2D eigenvalue weighted by molar-refractivity contribution is -0.132. The molecule has 0 spiro atoms. The number of carboxylic acid groups (broad SMARTS) is 2. The van der Waals surface area contributed by atoms with E-state index in [1.54, 1.807) is 0 Å². The van der Waals surface area contributed by atoms with Crippen molar-refractivity contribution in [3.63, 3.8) is 0 Å². The molecule has 6 heteroatoms. The maximum Gasteiger partial charge on any atom is 0.328 e. The van der Waals surface area contributed by atoms with Gasteiger partial charge in [0.05, 0.1) is 0 Å². The van der Waals surface area contributed by atoms with Gasteiger partial charge in [0.2, 0.25) is 0 Å². The van der Waals surface area contributed by atoms with Gasteiger partial charge in [-0.15, -0.1) is 0 Å². The highest BCUT2D eigenvalue weighted by atomic mass is 16.4. The highest BCUT2D eigenvalue weighted by molar-refractivity contribution is 5.81. The Morgan fingerprint density at radius 2 is 1.47 bits per heavy atom. The first-order valence-corrected chi connectivity index (χ1v) is 4.07. The summed E-state index contributed by atoms with van der Waals surface area (Å²) >= 11 is 0. The van der Waals surface area contributed by atoms with E-state index in [9.17, 15) is 14.7 Å². The second kappa shape index (κ2) is 5.94. The molecule has 0 bridgehead atoms. The van der Waals surface area contributed by atoms with E-state index in [-0.39, 0.29) is 6.42 Å². The maximum atomic E-state index is 10.2. The summed E-state index contributed by atoms with van der Waals surface area (Å²) in [5.41, 5.74) is -1.76. The van der Waals surface area contributed by atoms with Gasteiger partial charge in [0.25, 0.3) is 0 Å². The van der Waals surface area contributed by atoms with Gasteiger partial charge in [-0.2, -0.15) is 0 Å². The van der Waals surface area contributed by atoms with Crippen molar-refractivity contribution in [2.75, 3.05) is 6.61 Å². The van der Waals surface area contributed by atoms with Crippen LogP contribution in [0, 0.1) is 0 Å². The summed E-state index contributed by atoms with van der Waals surface area (Å²) in [6.07, 6.45) is 3.00. The topological polar surface area (TPSA) is 115 Å². The number of aliphatic hydroxyl groups excluding tert-OH is 1. The smallest absolute Gasteiger partial charge is 0.328 e. The molecule has 0 heterocycles. The lowest BCUT2D eigenvalue weighted by Gasteiger charge is -2.18. The number of carboxylic acids is 2. The highest BCUT2D eigenvalue weighted by Gasteiger charge is 2.19. The lowest BCUT2D eigenvalue weighted by Crippen LogP contribution is -2.25. The molecule has 0 aromatic rings. The van der Waals surface area contributed by atoms with Crippen molar-refractivity contribution in [2.45, 2.75) is 12.0 Å². The van der Waals surface area contributed by atoms with Gasteiger partial charge in [0, 0.05) is 25.2 Å². The fourth-order valence-electron chi connectivity index (χ4n) is 0.833. The van der Waals surface area contributed by atoms with Crippen molar-refractivity contribution in [1.82, 2.24) is 0 Å². The van der Waals surface area contributed by atoms with E-state index in [0.717, 1.165) is 12.2 Å². The predicted molar refractivity (Wildman–Crippen MR) is 50.2 cm³/mol. The molecule has 0 rings (SSSR count). The number of hydrogen-bond donors (Lipinski definition) is 4. The number of rotatable bonds is 6.